The van der Waals surface area contributed by atoms with Crippen molar-refractivity contribution in [2.45, 2.75) is 37.6 Å². The number of hydrogen-bond donors (Lipinski definition) is 2. The number of nitrogens with one attached hydrogen (secondary N) is 2. The molecule has 0 saturated carbocycles. The zero-order valence-electron chi connectivity index (χ0n) is 19.0. The van der Waals surface area contributed by atoms with Crippen LogP contribution in [-0.4, -0.2) is 33.5 Å². The van der Waals surface area contributed by atoms with Gasteiger partial charge in [0.15, 0.2) is 0 Å². The lowest BCUT2D eigenvalue weighted by Crippen LogP contribution is -2.48. The zero-order chi connectivity index (χ0) is 23.7. The molecule has 0 aliphatic carbocycles. The van der Waals surface area contributed by atoms with E-state index in [4.69, 9.17) is 4.74 Å². The number of sulfonamides is 1. The molecule has 3 aromatic rings. The van der Waals surface area contributed by atoms with E-state index in [1.165, 1.54) is 6.07 Å². The van der Waals surface area contributed by atoms with Gasteiger partial charge in [-0.1, -0.05) is 60.7 Å². The van der Waals surface area contributed by atoms with Gasteiger partial charge in [-0.25, -0.2) is 8.42 Å². The summed E-state index contributed by atoms with van der Waals surface area (Å²) in [4.78, 5) is 13.1. The molecule has 0 bridgehead atoms. The first-order valence-corrected chi connectivity index (χ1v) is 12.5. The van der Waals surface area contributed by atoms with Crippen LogP contribution in [0.5, 0.6) is 5.75 Å². The van der Waals surface area contributed by atoms with Crippen LogP contribution >= 0.6 is 0 Å². The third-order valence-electron chi connectivity index (χ3n) is 5.21. The smallest absolute Gasteiger partial charge is 0.241 e. The average molecular weight is 467 g/mol. The molecular formula is C26H30N2O4S. The topological polar surface area (TPSA) is 84.5 Å². The van der Waals surface area contributed by atoms with Crippen LogP contribution in [0.1, 0.15) is 23.6 Å². The molecule has 0 radical (unpaired) electrons. The van der Waals surface area contributed by atoms with E-state index in [0.29, 0.717) is 30.9 Å². The molecule has 2 N–H and O–H groups in total. The van der Waals surface area contributed by atoms with Crippen molar-refractivity contribution in [3.8, 4) is 5.75 Å². The molecule has 0 aromatic heterocycles. The number of rotatable bonds is 11. The molecule has 1 atom stereocenters. The SMILES string of the molecule is CCOc1ccc(S(=O)(=O)N[C@@H](Cc2ccccc2)C(=O)NCCc2ccccc2)cc1C. The molecule has 33 heavy (non-hydrogen) atoms. The van der Waals surface area contributed by atoms with Gasteiger partial charge in [-0.15, -0.1) is 0 Å². The molecular weight excluding hydrogens is 436 g/mol. The second-order valence-electron chi connectivity index (χ2n) is 7.75. The van der Waals surface area contributed by atoms with E-state index in [9.17, 15) is 13.2 Å². The first-order chi connectivity index (χ1) is 15.9. The van der Waals surface area contributed by atoms with Crippen molar-refractivity contribution in [1.82, 2.24) is 10.0 Å². The molecule has 6 nitrogen and oxygen atoms in total. The summed E-state index contributed by atoms with van der Waals surface area (Å²) in [6.45, 7) is 4.57. The van der Waals surface area contributed by atoms with Gasteiger partial charge in [0.2, 0.25) is 15.9 Å². The van der Waals surface area contributed by atoms with Crippen molar-refractivity contribution in [3.63, 3.8) is 0 Å². The Morgan fingerprint density at radius 1 is 0.939 bits per heavy atom. The van der Waals surface area contributed by atoms with Crippen LogP contribution in [-0.2, 0) is 27.7 Å². The molecule has 3 rings (SSSR count). The maximum atomic E-state index is 13.1. The van der Waals surface area contributed by atoms with E-state index in [1.54, 1.807) is 19.1 Å². The lowest BCUT2D eigenvalue weighted by Gasteiger charge is -2.19. The van der Waals surface area contributed by atoms with Crippen LogP contribution in [0, 0.1) is 6.92 Å². The fourth-order valence-corrected chi connectivity index (χ4v) is 4.78. The third kappa shape index (κ3) is 7.17. The summed E-state index contributed by atoms with van der Waals surface area (Å²) in [5.41, 5.74) is 2.68. The molecule has 0 aliphatic heterocycles. The van der Waals surface area contributed by atoms with E-state index in [-0.39, 0.29) is 17.2 Å². The molecule has 3 aromatic carbocycles. The van der Waals surface area contributed by atoms with Crippen molar-refractivity contribution in [2.75, 3.05) is 13.2 Å². The number of amides is 1. The highest BCUT2D eigenvalue weighted by atomic mass is 32.2. The van der Waals surface area contributed by atoms with Gasteiger partial charge >= 0.3 is 0 Å². The highest BCUT2D eigenvalue weighted by Crippen LogP contribution is 2.22. The minimum absolute atomic E-state index is 0.0959. The van der Waals surface area contributed by atoms with Crippen LogP contribution in [0.15, 0.2) is 83.8 Å². The van der Waals surface area contributed by atoms with Gasteiger partial charge in [-0.05, 0) is 61.6 Å². The Bertz CT molecular complexity index is 1150. The molecule has 0 heterocycles. The maximum absolute atomic E-state index is 13.1. The summed E-state index contributed by atoms with van der Waals surface area (Å²) >= 11 is 0. The summed E-state index contributed by atoms with van der Waals surface area (Å²) in [6.07, 6.45) is 0.905. The Balaban J connectivity index is 1.75. The van der Waals surface area contributed by atoms with E-state index in [1.807, 2.05) is 67.6 Å². The quantitative estimate of drug-likeness (QED) is 0.452. The minimum atomic E-state index is -3.92. The number of ether oxygens (including phenoxy) is 1. The Morgan fingerprint density at radius 2 is 1.58 bits per heavy atom. The first-order valence-electron chi connectivity index (χ1n) is 11.0. The van der Waals surface area contributed by atoms with Crippen LogP contribution in [0.4, 0.5) is 0 Å². The molecule has 0 unspecified atom stereocenters. The van der Waals surface area contributed by atoms with Crippen LogP contribution in [0.25, 0.3) is 0 Å². The molecule has 0 spiro atoms. The number of benzene rings is 3. The molecule has 174 valence electrons. The van der Waals surface area contributed by atoms with Gasteiger partial charge in [-0.2, -0.15) is 4.72 Å². The highest BCUT2D eigenvalue weighted by Gasteiger charge is 2.26. The van der Waals surface area contributed by atoms with Crippen molar-refractivity contribution < 1.29 is 17.9 Å². The van der Waals surface area contributed by atoms with E-state index < -0.39 is 16.1 Å². The van der Waals surface area contributed by atoms with Gasteiger partial charge in [0, 0.05) is 6.54 Å². The Morgan fingerprint density at radius 3 is 2.18 bits per heavy atom. The summed E-state index contributed by atoms with van der Waals surface area (Å²) in [7, 11) is -3.92. The normalized spacial score (nSPS) is 12.2. The zero-order valence-corrected chi connectivity index (χ0v) is 19.8. The Hall–Kier alpha value is -3.16. The largest absolute Gasteiger partial charge is 0.494 e. The average Bonchev–Trinajstić information content (AvgIpc) is 2.81. The number of hydrogen-bond acceptors (Lipinski definition) is 4. The molecule has 0 saturated heterocycles. The summed E-state index contributed by atoms with van der Waals surface area (Å²) in [5.74, 6) is 0.275. The van der Waals surface area contributed by atoms with Crippen LogP contribution < -0.4 is 14.8 Å². The monoisotopic (exact) mass is 466 g/mol. The second kappa shape index (κ2) is 11.6. The lowest BCUT2D eigenvalue weighted by atomic mass is 10.1. The van der Waals surface area contributed by atoms with Gasteiger partial charge in [0.25, 0.3) is 0 Å². The standard InChI is InChI=1S/C26H30N2O4S/c1-3-32-25-15-14-23(18-20(25)2)33(30,31)28-24(19-22-12-8-5-9-13-22)26(29)27-17-16-21-10-6-4-7-11-21/h4-15,18,24,28H,3,16-17,19H2,1-2H3,(H,27,29)/t24-/m0/s1. The Kier molecular flexibility index (Phi) is 8.63. The lowest BCUT2D eigenvalue weighted by molar-refractivity contribution is -0.122. The van der Waals surface area contributed by atoms with Crippen molar-refractivity contribution >= 4 is 15.9 Å². The van der Waals surface area contributed by atoms with Crippen LogP contribution in [0.3, 0.4) is 0 Å². The molecule has 1 amide bonds. The minimum Gasteiger partial charge on any atom is -0.494 e. The van der Waals surface area contributed by atoms with E-state index in [2.05, 4.69) is 10.0 Å². The first kappa shape index (κ1) is 24.5. The molecule has 7 heteroatoms. The predicted molar refractivity (Wildman–Crippen MR) is 130 cm³/mol. The fraction of sp³-hybridized carbons (Fsp3) is 0.269. The van der Waals surface area contributed by atoms with Crippen molar-refractivity contribution in [3.05, 3.63) is 95.6 Å². The van der Waals surface area contributed by atoms with E-state index in [0.717, 1.165) is 11.1 Å². The van der Waals surface area contributed by atoms with Gasteiger partial charge in [0.05, 0.1) is 11.5 Å². The number of carbonyl (C=O) groups excluding carboxylic acids is 1. The summed E-state index contributed by atoms with van der Waals surface area (Å²) in [5, 5.41) is 2.88. The Labute approximate surface area is 196 Å². The maximum Gasteiger partial charge on any atom is 0.241 e. The third-order valence-corrected chi connectivity index (χ3v) is 6.68. The van der Waals surface area contributed by atoms with Gasteiger partial charge in [-0.3, -0.25) is 4.79 Å². The second-order valence-corrected chi connectivity index (χ2v) is 9.46. The van der Waals surface area contributed by atoms with Gasteiger partial charge in [0.1, 0.15) is 11.8 Å². The fourth-order valence-electron chi connectivity index (χ4n) is 3.50. The van der Waals surface area contributed by atoms with E-state index >= 15 is 0 Å². The summed E-state index contributed by atoms with van der Waals surface area (Å²) < 4.78 is 34.4. The summed E-state index contributed by atoms with van der Waals surface area (Å²) in [6, 6.07) is 22.9. The molecule has 0 fully saturated rings. The van der Waals surface area contributed by atoms with Gasteiger partial charge < -0.3 is 10.1 Å². The van der Waals surface area contributed by atoms with Crippen molar-refractivity contribution in [1.29, 1.82) is 0 Å². The predicted octanol–water partition coefficient (Wildman–Crippen LogP) is 3.64. The number of carbonyl (C=O) groups is 1. The number of aryl methyl sites for hydroxylation is 1. The molecule has 0 aliphatic rings. The highest BCUT2D eigenvalue weighted by molar-refractivity contribution is 7.89. The van der Waals surface area contributed by atoms with Crippen molar-refractivity contribution in [2.24, 2.45) is 0 Å². The van der Waals surface area contributed by atoms with Crippen LogP contribution in [0.2, 0.25) is 0 Å².